The number of carbonyl (C=O) groups is 1. The van der Waals surface area contributed by atoms with E-state index < -0.39 is 9.05 Å². The van der Waals surface area contributed by atoms with Gasteiger partial charge in [-0.15, -0.1) is 0 Å². The second-order valence-electron chi connectivity index (χ2n) is 4.61. The number of amides is 1. The van der Waals surface area contributed by atoms with E-state index in [1.165, 1.54) is 18.2 Å². The van der Waals surface area contributed by atoms with Gasteiger partial charge in [0.1, 0.15) is 5.75 Å². The summed E-state index contributed by atoms with van der Waals surface area (Å²) in [5.74, 6) is 0.0731. The van der Waals surface area contributed by atoms with Crippen molar-refractivity contribution in [3.8, 4) is 5.75 Å². The predicted molar refractivity (Wildman–Crippen MR) is 82.5 cm³/mol. The van der Waals surface area contributed by atoms with Crippen LogP contribution in [0.3, 0.4) is 0 Å². The minimum absolute atomic E-state index is 0.111. The van der Waals surface area contributed by atoms with Crippen LogP contribution in [0.1, 0.15) is 37.0 Å². The first-order valence-electron chi connectivity index (χ1n) is 6.78. The number of hydrogen-bond donors (Lipinski definition) is 0. The topological polar surface area (TPSA) is 63.7 Å². The van der Waals surface area contributed by atoms with E-state index in [4.69, 9.17) is 15.4 Å². The van der Waals surface area contributed by atoms with Crippen molar-refractivity contribution in [2.45, 2.75) is 31.6 Å². The highest BCUT2D eigenvalue weighted by atomic mass is 35.7. The largest absolute Gasteiger partial charge is 0.493 e. The zero-order chi connectivity index (χ0) is 16.0. The molecule has 0 aromatic heterocycles. The van der Waals surface area contributed by atoms with Crippen LogP contribution in [0.5, 0.6) is 5.75 Å². The molecule has 0 atom stereocenters. The molecule has 0 aliphatic carbocycles. The molecule has 0 aliphatic rings. The van der Waals surface area contributed by atoms with Crippen LogP contribution in [0.4, 0.5) is 0 Å². The molecule has 7 heteroatoms. The molecule has 1 rings (SSSR count). The zero-order valence-electron chi connectivity index (χ0n) is 12.4. The number of benzene rings is 1. The van der Waals surface area contributed by atoms with Crippen LogP contribution >= 0.6 is 10.7 Å². The normalized spacial score (nSPS) is 11.2. The number of carbonyl (C=O) groups excluding carboxylic acids is 1. The maximum absolute atomic E-state index is 12.4. The standard InChI is InChI=1S/C14H20ClNO4S/c1-4-6-9-16(3)14(17)12-10-11(21(15,18)19)7-8-13(12)20-5-2/h7-8,10H,4-6,9H2,1-3H3. The Morgan fingerprint density at radius 1 is 1.33 bits per heavy atom. The summed E-state index contributed by atoms with van der Waals surface area (Å²) in [7, 11) is 3.12. The number of nitrogens with zero attached hydrogens (tertiary/aromatic N) is 1. The highest BCUT2D eigenvalue weighted by Gasteiger charge is 2.20. The quantitative estimate of drug-likeness (QED) is 0.720. The van der Waals surface area contributed by atoms with Gasteiger partial charge in [0.15, 0.2) is 0 Å². The molecule has 0 unspecified atom stereocenters. The lowest BCUT2D eigenvalue weighted by Gasteiger charge is -2.19. The molecule has 21 heavy (non-hydrogen) atoms. The van der Waals surface area contributed by atoms with Gasteiger partial charge in [-0.1, -0.05) is 13.3 Å². The first kappa shape index (κ1) is 17.8. The molecule has 5 nitrogen and oxygen atoms in total. The first-order valence-corrected chi connectivity index (χ1v) is 9.09. The van der Waals surface area contributed by atoms with Crippen molar-refractivity contribution in [3.05, 3.63) is 23.8 Å². The average molecular weight is 334 g/mol. The van der Waals surface area contributed by atoms with Crippen molar-refractivity contribution in [2.24, 2.45) is 0 Å². The summed E-state index contributed by atoms with van der Waals surface area (Å²) in [6.45, 7) is 4.80. The van der Waals surface area contributed by atoms with Crippen LogP contribution in [-0.2, 0) is 9.05 Å². The molecule has 0 saturated heterocycles. The molecule has 0 saturated carbocycles. The van der Waals surface area contributed by atoms with E-state index in [2.05, 4.69) is 0 Å². The first-order chi connectivity index (χ1) is 9.81. The lowest BCUT2D eigenvalue weighted by Crippen LogP contribution is -2.28. The molecule has 1 aromatic carbocycles. The van der Waals surface area contributed by atoms with Gasteiger partial charge in [-0.25, -0.2) is 8.42 Å². The molecule has 118 valence electrons. The van der Waals surface area contributed by atoms with E-state index in [0.717, 1.165) is 12.8 Å². The van der Waals surface area contributed by atoms with Gasteiger partial charge >= 0.3 is 0 Å². The van der Waals surface area contributed by atoms with E-state index in [-0.39, 0.29) is 16.4 Å². The van der Waals surface area contributed by atoms with Crippen LogP contribution in [0.2, 0.25) is 0 Å². The van der Waals surface area contributed by atoms with Gasteiger partial charge in [0.2, 0.25) is 0 Å². The van der Waals surface area contributed by atoms with E-state index in [9.17, 15) is 13.2 Å². The van der Waals surface area contributed by atoms with E-state index in [0.29, 0.717) is 18.9 Å². The third kappa shape index (κ3) is 4.89. The Balaban J connectivity index is 3.19. The second-order valence-corrected chi connectivity index (χ2v) is 7.18. The lowest BCUT2D eigenvalue weighted by atomic mass is 10.1. The molecule has 0 N–H and O–H groups in total. The van der Waals surface area contributed by atoms with Crippen molar-refractivity contribution in [2.75, 3.05) is 20.2 Å². The van der Waals surface area contributed by atoms with Crippen LogP contribution < -0.4 is 4.74 Å². The van der Waals surface area contributed by atoms with Crippen LogP contribution in [0.25, 0.3) is 0 Å². The van der Waals surface area contributed by atoms with Gasteiger partial charge in [-0.05, 0) is 31.5 Å². The smallest absolute Gasteiger partial charge is 0.261 e. The van der Waals surface area contributed by atoms with Crippen LogP contribution in [0.15, 0.2) is 23.1 Å². The maximum atomic E-state index is 12.4. The average Bonchev–Trinajstić information content (AvgIpc) is 2.43. The van der Waals surface area contributed by atoms with Gasteiger partial charge in [0.25, 0.3) is 15.0 Å². The Bertz CT molecular complexity index is 601. The molecule has 0 spiro atoms. The molecule has 0 bridgehead atoms. The van der Waals surface area contributed by atoms with Gasteiger partial charge in [-0.3, -0.25) is 4.79 Å². The summed E-state index contributed by atoms with van der Waals surface area (Å²) >= 11 is 0. The van der Waals surface area contributed by atoms with Crippen molar-refractivity contribution in [1.29, 1.82) is 0 Å². The van der Waals surface area contributed by atoms with Gasteiger partial charge < -0.3 is 9.64 Å². The van der Waals surface area contributed by atoms with Crippen LogP contribution in [-0.4, -0.2) is 39.4 Å². The molecule has 0 heterocycles. The maximum Gasteiger partial charge on any atom is 0.261 e. The fourth-order valence-corrected chi connectivity index (χ4v) is 2.59. The number of rotatable bonds is 7. The fraction of sp³-hybridized carbons (Fsp3) is 0.500. The number of hydrogen-bond acceptors (Lipinski definition) is 4. The van der Waals surface area contributed by atoms with E-state index in [1.807, 2.05) is 6.92 Å². The summed E-state index contributed by atoms with van der Waals surface area (Å²) in [5.41, 5.74) is 0.206. The molecular weight excluding hydrogens is 314 g/mol. The molecule has 1 aromatic rings. The summed E-state index contributed by atoms with van der Waals surface area (Å²) in [6.07, 6.45) is 1.84. The second kappa shape index (κ2) is 7.66. The molecule has 1 amide bonds. The highest BCUT2D eigenvalue weighted by Crippen LogP contribution is 2.26. The zero-order valence-corrected chi connectivity index (χ0v) is 14.0. The minimum Gasteiger partial charge on any atom is -0.493 e. The number of halogens is 1. The Labute approximate surface area is 130 Å². The van der Waals surface area contributed by atoms with E-state index >= 15 is 0 Å². The molecule has 0 aliphatic heterocycles. The molecule has 0 radical (unpaired) electrons. The Kier molecular flexibility index (Phi) is 6.48. The van der Waals surface area contributed by atoms with Crippen molar-refractivity contribution in [3.63, 3.8) is 0 Å². The monoisotopic (exact) mass is 333 g/mol. The third-order valence-corrected chi connectivity index (χ3v) is 4.31. The third-order valence-electron chi connectivity index (χ3n) is 2.96. The van der Waals surface area contributed by atoms with E-state index in [1.54, 1.807) is 18.9 Å². The summed E-state index contributed by atoms with van der Waals surface area (Å²) in [5, 5.41) is 0. The van der Waals surface area contributed by atoms with Crippen molar-refractivity contribution in [1.82, 2.24) is 4.90 Å². The van der Waals surface area contributed by atoms with Gasteiger partial charge in [0, 0.05) is 24.3 Å². The lowest BCUT2D eigenvalue weighted by molar-refractivity contribution is 0.0789. The fourth-order valence-electron chi connectivity index (χ4n) is 1.81. The minimum atomic E-state index is -3.89. The van der Waals surface area contributed by atoms with Crippen molar-refractivity contribution >= 4 is 25.6 Å². The summed E-state index contributed by atoms with van der Waals surface area (Å²) < 4.78 is 28.2. The highest BCUT2D eigenvalue weighted by molar-refractivity contribution is 8.13. The summed E-state index contributed by atoms with van der Waals surface area (Å²) in [4.78, 5) is 13.9. The number of unbranched alkanes of at least 4 members (excludes halogenated alkanes) is 1. The Hall–Kier alpha value is -1.27. The Morgan fingerprint density at radius 3 is 2.52 bits per heavy atom. The Morgan fingerprint density at radius 2 is 2.00 bits per heavy atom. The van der Waals surface area contributed by atoms with Crippen LogP contribution in [0, 0.1) is 0 Å². The van der Waals surface area contributed by atoms with Gasteiger partial charge in [-0.2, -0.15) is 0 Å². The molecular formula is C14H20ClNO4S. The van der Waals surface area contributed by atoms with Crippen molar-refractivity contribution < 1.29 is 17.9 Å². The predicted octanol–water partition coefficient (Wildman–Crippen LogP) is 2.88. The number of ether oxygens (including phenoxy) is 1. The van der Waals surface area contributed by atoms with Gasteiger partial charge in [0.05, 0.1) is 17.1 Å². The SMILES string of the molecule is CCCCN(C)C(=O)c1cc(S(=O)(=O)Cl)ccc1OCC. The molecule has 0 fully saturated rings. The summed E-state index contributed by atoms with van der Waals surface area (Å²) in [6, 6.07) is 4.05.